The van der Waals surface area contributed by atoms with Crippen LogP contribution in [0.5, 0.6) is 0 Å². The van der Waals surface area contributed by atoms with E-state index >= 15 is 0 Å². The average Bonchev–Trinajstić information content (AvgIpc) is 2.71. The summed E-state index contributed by atoms with van der Waals surface area (Å²) in [6.07, 6.45) is 0.692. The van der Waals surface area contributed by atoms with Gasteiger partial charge in [-0.15, -0.1) is 0 Å². The molecule has 2 fully saturated rings. The highest BCUT2D eigenvalue weighted by atomic mass is 127. The molecule has 6 heteroatoms. The largest absolute Gasteiger partial charge is 0.444 e. The minimum Gasteiger partial charge on any atom is -0.444 e. The lowest BCUT2D eigenvalue weighted by Crippen LogP contribution is -2.50. The third-order valence-electron chi connectivity index (χ3n) is 3.23. The van der Waals surface area contributed by atoms with Crippen molar-refractivity contribution in [1.82, 2.24) is 4.90 Å². The van der Waals surface area contributed by atoms with E-state index < -0.39 is 5.60 Å². The molecule has 0 radical (unpaired) electrons. The Labute approximate surface area is 128 Å². The maximum atomic E-state index is 12.0. The van der Waals surface area contributed by atoms with Crippen molar-refractivity contribution in [2.45, 2.75) is 44.5 Å². The SMILES string of the molecule is CC(C)(C)OC(=O)N1CCC2(COCC(CI)O2)C1. The molecule has 1 spiro atoms. The van der Waals surface area contributed by atoms with Gasteiger partial charge in [0.1, 0.15) is 11.2 Å². The van der Waals surface area contributed by atoms with Crippen LogP contribution in [0.1, 0.15) is 27.2 Å². The van der Waals surface area contributed by atoms with Crippen molar-refractivity contribution in [1.29, 1.82) is 0 Å². The third kappa shape index (κ3) is 3.95. The number of amides is 1. The molecular formula is C13H22INO4. The number of hydrogen-bond acceptors (Lipinski definition) is 4. The van der Waals surface area contributed by atoms with E-state index in [4.69, 9.17) is 14.2 Å². The highest BCUT2D eigenvalue weighted by Crippen LogP contribution is 2.31. The zero-order chi connectivity index (χ0) is 14.1. The molecule has 0 aromatic rings. The molecular weight excluding hydrogens is 361 g/mol. The lowest BCUT2D eigenvalue weighted by molar-refractivity contribution is -0.183. The van der Waals surface area contributed by atoms with Gasteiger partial charge in [-0.3, -0.25) is 0 Å². The number of rotatable bonds is 1. The first-order valence-electron chi connectivity index (χ1n) is 6.63. The van der Waals surface area contributed by atoms with Gasteiger partial charge in [0.25, 0.3) is 0 Å². The number of alkyl halides is 1. The number of ether oxygens (including phenoxy) is 3. The minimum atomic E-state index is -0.457. The van der Waals surface area contributed by atoms with Gasteiger partial charge in [0.05, 0.1) is 25.9 Å². The van der Waals surface area contributed by atoms with E-state index in [2.05, 4.69) is 22.6 Å². The van der Waals surface area contributed by atoms with Crippen molar-refractivity contribution in [3.05, 3.63) is 0 Å². The monoisotopic (exact) mass is 383 g/mol. The van der Waals surface area contributed by atoms with E-state index in [9.17, 15) is 4.79 Å². The van der Waals surface area contributed by atoms with Gasteiger partial charge in [-0.1, -0.05) is 22.6 Å². The predicted molar refractivity (Wildman–Crippen MR) is 79.7 cm³/mol. The van der Waals surface area contributed by atoms with Crippen LogP contribution in [0.2, 0.25) is 0 Å². The molecule has 5 nitrogen and oxygen atoms in total. The summed E-state index contributed by atoms with van der Waals surface area (Å²) in [6.45, 7) is 8.09. The van der Waals surface area contributed by atoms with Gasteiger partial charge < -0.3 is 19.1 Å². The van der Waals surface area contributed by atoms with Gasteiger partial charge in [-0.2, -0.15) is 0 Å². The topological polar surface area (TPSA) is 48.0 Å². The van der Waals surface area contributed by atoms with E-state index in [0.717, 1.165) is 10.8 Å². The number of halogens is 1. The Bertz CT molecular complexity index is 344. The van der Waals surface area contributed by atoms with Crippen molar-refractivity contribution in [2.24, 2.45) is 0 Å². The van der Waals surface area contributed by atoms with E-state index in [1.54, 1.807) is 4.90 Å². The number of carbonyl (C=O) groups excluding carboxylic acids is 1. The van der Waals surface area contributed by atoms with Gasteiger partial charge >= 0.3 is 6.09 Å². The fourth-order valence-electron chi connectivity index (χ4n) is 2.41. The molecule has 2 aliphatic heterocycles. The predicted octanol–water partition coefficient (Wildman–Crippen LogP) is 2.22. The molecule has 0 N–H and O–H groups in total. The molecule has 2 atom stereocenters. The highest BCUT2D eigenvalue weighted by Gasteiger charge is 2.45. The molecule has 0 bridgehead atoms. The first-order chi connectivity index (χ1) is 8.84. The van der Waals surface area contributed by atoms with Crippen LogP contribution >= 0.6 is 22.6 Å². The normalized spacial score (nSPS) is 31.8. The summed E-state index contributed by atoms with van der Waals surface area (Å²) in [5.74, 6) is 0. The summed E-state index contributed by atoms with van der Waals surface area (Å²) in [6, 6.07) is 0. The zero-order valence-corrected chi connectivity index (χ0v) is 13.9. The Kier molecular flexibility index (Phi) is 4.62. The summed E-state index contributed by atoms with van der Waals surface area (Å²) in [5.41, 5.74) is -0.785. The number of carbonyl (C=O) groups is 1. The van der Waals surface area contributed by atoms with Crippen LogP contribution in [0.3, 0.4) is 0 Å². The van der Waals surface area contributed by atoms with E-state index in [0.29, 0.717) is 26.3 Å². The van der Waals surface area contributed by atoms with Gasteiger partial charge in [0.2, 0.25) is 0 Å². The van der Waals surface area contributed by atoms with Crippen LogP contribution < -0.4 is 0 Å². The molecule has 2 aliphatic rings. The van der Waals surface area contributed by atoms with Gasteiger partial charge in [0.15, 0.2) is 0 Å². The Hall–Kier alpha value is -0.0800. The fraction of sp³-hybridized carbons (Fsp3) is 0.923. The summed E-state index contributed by atoms with van der Waals surface area (Å²) < 4.78 is 18.1. The molecule has 2 heterocycles. The average molecular weight is 383 g/mol. The van der Waals surface area contributed by atoms with Crippen molar-refractivity contribution in [3.63, 3.8) is 0 Å². The second-order valence-electron chi connectivity index (χ2n) is 6.24. The summed E-state index contributed by atoms with van der Waals surface area (Å²) in [5, 5.41) is 0. The van der Waals surface area contributed by atoms with Gasteiger partial charge in [0, 0.05) is 11.0 Å². The maximum Gasteiger partial charge on any atom is 0.410 e. The van der Waals surface area contributed by atoms with Gasteiger partial charge in [-0.25, -0.2) is 4.79 Å². The molecule has 1 amide bonds. The summed E-state index contributed by atoms with van der Waals surface area (Å²) >= 11 is 2.30. The smallest absolute Gasteiger partial charge is 0.410 e. The first-order valence-corrected chi connectivity index (χ1v) is 8.16. The molecule has 110 valence electrons. The van der Waals surface area contributed by atoms with Gasteiger partial charge in [-0.05, 0) is 27.2 Å². The number of nitrogens with zero attached hydrogens (tertiary/aromatic N) is 1. The van der Waals surface area contributed by atoms with Crippen LogP contribution in [0.4, 0.5) is 4.79 Å². The zero-order valence-electron chi connectivity index (χ0n) is 11.8. The highest BCUT2D eigenvalue weighted by molar-refractivity contribution is 14.1. The number of hydrogen-bond donors (Lipinski definition) is 0. The third-order valence-corrected chi connectivity index (χ3v) is 4.21. The molecule has 0 aromatic carbocycles. The molecule has 2 unspecified atom stereocenters. The number of likely N-dealkylation sites (tertiary alicyclic amines) is 1. The fourth-order valence-corrected chi connectivity index (χ4v) is 2.85. The lowest BCUT2D eigenvalue weighted by atomic mass is 10.0. The van der Waals surface area contributed by atoms with Crippen LogP contribution in [0.15, 0.2) is 0 Å². The Morgan fingerprint density at radius 3 is 2.89 bits per heavy atom. The summed E-state index contributed by atoms with van der Waals surface area (Å²) in [7, 11) is 0. The molecule has 19 heavy (non-hydrogen) atoms. The molecule has 0 aliphatic carbocycles. The van der Waals surface area contributed by atoms with Crippen LogP contribution in [0.25, 0.3) is 0 Å². The van der Waals surface area contributed by atoms with Crippen molar-refractivity contribution in [3.8, 4) is 0 Å². The first kappa shape index (κ1) is 15.3. The second kappa shape index (κ2) is 5.73. The minimum absolute atomic E-state index is 0.132. The molecule has 2 rings (SSSR count). The molecule has 2 saturated heterocycles. The Balaban J connectivity index is 1.93. The lowest BCUT2D eigenvalue weighted by Gasteiger charge is -2.37. The van der Waals surface area contributed by atoms with Crippen LogP contribution in [-0.4, -0.2) is 59.0 Å². The van der Waals surface area contributed by atoms with E-state index in [-0.39, 0.29) is 17.8 Å². The second-order valence-corrected chi connectivity index (χ2v) is 7.12. The Morgan fingerprint density at radius 2 is 2.26 bits per heavy atom. The van der Waals surface area contributed by atoms with Crippen LogP contribution in [-0.2, 0) is 14.2 Å². The van der Waals surface area contributed by atoms with Crippen molar-refractivity contribution < 1.29 is 19.0 Å². The van der Waals surface area contributed by atoms with Crippen molar-refractivity contribution in [2.75, 3.05) is 30.7 Å². The quantitative estimate of drug-likeness (QED) is 0.515. The summed E-state index contributed by atoms with van der Waals surface area (Å²) in [4.78, 5) is 13.8. The maximum absolute atomic E-state index is 12.0. The van der Waals surface area contributed by atoms with Crippen LogP contribution in [0, 0.1) is 0 Å². The standard InChI is InChI=1S/C13H22INO4/c1-12(2,3)19-11(16)15-5-4-13(8-15)9-17-7-10(6-14)18-13/h10H,4-9H2,1-3H3. The van der Waals surface area contributed by atoms with E-state index in [1.165, 1.54) is 0 Å². The Morgan fingerprint density at radius 1 is 1.53 bits per heavy atom. The van der Waals surface area contributed by atoms with E-state index in [1.807, 2.05) is 20.8 Å². The molecule has 0 saturated carbocycles. The molecule has 0 aromatic heterocycles. The van der Waals surface area contributed by atoms with Crippen molar-refractivity contribution >= 4 is 28.7 Å².